The number of aliphatic hydroxyl groups excluding tert-OH is 1. The Bertz CT molecular complexity index is 1190. The van der Waals surface area contributed by atoms with E-state index in [0.29, 0.717) is 38.2 Å². The molecule has 2 N–H and O–H groups in total. The van der Waals surface area contributed by atoms with Crippen LogP contribution >= 0.6 is 0 Å². The van der Waals surface area contributed by atoms with Gasteiger partial charge in [0.1, 0.15) is 18.8 Å². The van der Waals surface area contributed by atoms with Crippen LogP contribution in [0.1, 0.15) is 38.4 Å². The summed E-state index contributed by atoms with van der Waals surface area (Å²) in [6.45, 7) is 6.67. The second-order valence-electron chi connectivity index (χ2n) is 9.35. The van der Waals surface area contributed by atoms with Crippen molar-refractivity contribution in [3.63, 3.8) is 0 Å². The third-order valence-electron chi connectivity index (χ3n) is 5.74. The molecule has 3 aromatic rings. The molecule has 168 valence electrons. The monoisotopic (exact) mass is 436 g/mol. The van der Waals surface area contributed by atoms with Crippen LogP contribution in [0.15, 0.2) is 36.4 Å². The maximum atomic E-state index is 13.1. The van der Waals surface area contributed by atoms with Gasteiger partial charge < -0.3 is 24.6 Å². The zero-order valence-electron chi connectivity index (χ0n) is 18.6. The molecule has 0 radical (unpaired) electrons. The zero-order valence-corrected chi connectivity index (χ0v) is 18.6. The van der Waals surface area contributed by atoms with Crippen LogP contribution in [0, 0.1) is 0 Å². The van der Waals surface area contributed by atoms with Gasteiger partial charge in [-0.3, -0.25) is 0 Å². The molecule has 7 heteroatoms. The predicted octanol–water partition coefficient (Wildman–Crippen LogP) is 4.79. The van der Waals surface area contributed by atoms with Crippen molar-refractivity contribution in [2.75, 3.05) is 18.5 Å². The molecule has 0 spiro atoms. The number of ether oxygens (including phenoxy) is 3. The van der Waals surface area contributed by atoms with Gasteiger partial charge in [-0.15, -0.1) is 0 Å². The Kier molecular flexibility index (Phi) is 5.01. The highest BCUT2D eigenvalue weighted by atomic mass is 16.6. The first kappa shape index (κ1) is 20.7. The molecule has 5 rings (SSSR count). The molecule has 0 bridgehead atoms. The number of fused-ring (bicyclic) bond motifs is 4. The summed E-state index contributed by atoms with van der Waals surface area (Å²) in [5.74, 6) is 1.45. The van der Waals surface area contributed by atoms with E-state index in [1.165, 1.54) is 0 Å². The number of carbonyl (C=O) groups excluding carboxylic acids is 1. The van der Waals surface area contributed by atoms with Crippen molar-refractivity contribution in [1.29, 1.82) is 0 Å². The molecule has 0 saturated heterocycles. The summed E-state index contributed by atoms with van der Waals surface area (Å²) in [6, 6.07) is 11.7. The lowest BCUT2D eigenvalue weighted by molar-refractivity contribution is 0.0536. The molecule has 1 aromatic heterocycles. The maximum Gasteiger partial charge on any atom is 0.419 e. The molecule has 32 heavy (non-hydrogen) atoms. The fourth-order valence-corrected chi connectivity index (χ4v) is 4.42. The van der Waals surface area contributed by atoms with Gasteiger partial charge in [-0.25, -0.2) is 9.36 Å². The van der Waals surface area contributed by atoms with Crippen LogP contribution in [0.5, 0.6) is 11.5 Å². The van der Waals surface area contributed by atoms with E-state index in [1.54, 1.807) is 4.57 Å². The van der Waals surface area contributed by atoms with Crippen molar-refractivity contribution in [3.8, 4) is 11.5 Å². The van der Waals surface area contributed by atoms with Crippen LogP contribution in [-0.2, 0) is 17.6 Å². The van der Waals surface area contributed by atoms with Gasteiger partial charge in [0.2, 0.25) is 0 Å². The minimum atomic E-state index is -0.601. The van der Waals surface area contributed by atoms with Gasteiger partial charge in [0.15, 0.2) is 11.5 Å². The lowest BCUT2D eigenvalue weighted by atomic mass is 9.93. The first-order valence-electron chi connectivity index (χ1n) is 11.0. The second-order valence-corrected chi connectivity index (χ2v) is 9.35. The number of aliphatic hydroxyl groups is 1. The molecule has 0 saturated carbocycles. The summed E-state index contributed by atoms with van der Waals surface area (Å²) in [5, 5.41) is 14.6. The maximum absolute atomic E-state index is 13.1. The Balaban J connectivity index is 1.55. The van der Waals surface area contributed by atoms with Gasteiger partial charge >= 0.3 is 6.09 Å². The second kappa shape index (κ2) is 7.74. The quantitative estimate of drug-likeness (QED) is 0.601. The van der Waals surface area contributed by atoms with E-state index >= 15 is 0 Å². The van der Waals surface area contributed by atoms with E-state index in [-0.39, 0.29) is 0 Å². The van der Waals surface area contributed by atoms with Crippen LogP contribution in [0.25, 0.3) is 10.9 Å². The van der Waals surface area contributed by atoms with Crippen LogP contribution in [-0.4, -0.2) is 40.7 Å². The molecule has 0 fully saturated rings. The Morgan fingerprint density at radius 2 is 1.81 bits per heavy atom. The number of hydrogen-bond acceptors (Lipinski definition) is 6. The average molecular weight is 437 g/mol. The molecule has 1 aliphatic heterocycles. The van der Waals surface area contributed by atoms with Crippen molar-refractivity contribution >= 4 is 28.4 Å². The number of nitrogens with one attached hydrogen (secondary N) is 1. The fraction of sp³-hybridized carbons (Fsp3) is 0.400. The number of aromatic nitrogens is 1. The number of rotatable bonds is 2. The number of benzene rings is 2. The first-order valence-corrected chi connectivity index (χ1v) is 11.0. The molecule has 7 nitrogen and oxygen atoms in total. The van der Waals surface area contributed by atoms with E-state index in [0.717, 1.165) is 39.3 Å². The highest BCUT2D eigenvalue weighted by Gasteiger charge is 2.29. The number of anilines is 2. The zero-order chi connectivity index (χ0) is 22.5. The van der Waals surface area contributed by atoms with E-state index in [2.05, 4.69) is 5.32 Å². The van der Waals surface area contributed by atoms with Crippen molar-refractivity contribution in [2.24, 2.45) is 0 Å². The van der Waals surface area contributed by atoms with Gasteiger partial charge in [0.05, 0.1) is 11.6 Å². The lowest BCUT2D eigenvalue weighted by Gasteiger charge is -2.23. The minimum Gasteiger partial charge on any atom is -0.486 e. The van der Waals surface area contributed by atoms with Crippen molar-refractivity contribution in [3.05, 3.63) is 47.7 Å². The Labute approximate surface area is 186 Å². The van der Waals surface area contributed by atoms with E-state index in [9.17, 15) is 9.90 Å². The Hall–Kier alpha value is -3.19. The van der Waals surface area contributed by atoms with Gasteiger partial charge in [-0.2, -0.15) is 0 Å². The molecule has 1 aliphatic carbocycles. The summed E-state index contributed by atoms with van der Waals surface area (Å²) in [5.41, 5.74) is 3.83. The number of carbonyl (C=O) groups is 1. The van der Waals surface area contributed by atoms with Gasteiger partial charge in [0, 0.05) is 34.9 Å². The van der Waals surface area contributed by atoms with Gasteiger partial charge in [-0.05, 0) is 63.4 Å². The minimum absolute atomic E-state index is 0.392. The molecule has 1 atom stereocenters. The van der Waals surface area contributed by atoms with Gasteiger partial charge in [-0.1, -0.05) is 6.07 Å². The summed E-state index contributed by atoms with van der Waals surface area (Å²) < 4.78 is 18.7. The van der Waals surface area contributed by atoms with Crippen molar-refractivity contribution < 1.29 is 24.1 Å². The predicted molar refractivity (Wildman–Crippen MR) is 122 cm³/mol. The fourth-order valence-electron chi connectivity index (χ4n) is 4.42. The molecule has 1 unspecified atom stereocenters. The average Bonchev–Trinajstić information content (AvgIpc) is 3.05. The summed E-state index contributed by atoms with van der Waals surface area (Å²) in [6.07, 6.45) is 1.02. The molecule has 0 amide bonds. The van der Waals surface area contributed by atoms with E-state index < -0.39 is 17.8 Å². The normalized spacial score (nSPS) is 17.7. The molecule has 2 aliphatic rings. The van der Waals surface area contributed by atoms with E-state index in [4.69, 9.17) is 14.2 Å². The Morgan fingerprint density at radius 1 is 1.09 bits per heavy atom. The topological polar surface area (TPSA) is 82.0 Å². The Morgan fingerprint density at radius 3 is 2.59 bits per heavy atom. The largest absolute Gasteiger partial charge is 0.486 e. The van der Waals surface area contributed by atoms with Crippen molar-refractivity contribution in [2.45, 2.75) is 51.7 Å². The SMILES string of the molecule is CC(C)(C)OC(=O)n1c2c(c3ccc(Nc4ccc5c(c4)OCCO5)cc31)CC(O)CC2. The molecular weight excluding hydrogens is 408 g/mol. The summed E-state index contributed by atoms with van der Waals surface area (Å²) in [4.78, 5) is 13.1. The van der Waals surface area contributed by atoms with E-state index in [1.807, 2.05) is 57.2 Å². The number of hydrogen-bond donors (Lipinski definition) is 2. The highest BCUT2D eigenvalue weighted by Crippen LogP contribution is 2.37. The summed E-state index contributed by atoms with van der Waals surface area (Å²) >= 11 is 0. The molecule has 2 aromatic carbocycles. The van der Waals surface area contributed by atoms with Crippen LogP contribution in [0.2, 0.25) is 0 Å². The smallest absolute Gasteiger partial charge is 0.419 e. The lowest BCUT2D eigenvalue weighted by Crippen LogP contribution is -2.29. The van der Waals surface area contributed by atoms with Crippen molar-refractivity contribution in [1.82, 2.24) is 4.57 Å². The molecular formula is C25H28N2O5. The first-order chi connectivity index (χ1) is 15.3. The van der Waals surface area contributed by atoms with Gasteiger partial charge in [0.25, 0.3) is 0 Å². The summed E-state index contributed by atoms with van der Waals surface area (Å²) in [7, 11) is 0. The number of nitrogens with zero attached hydrogens (tertiary/aromatic N) is 1. The standard InChI is InChI=1S/C25H28N2O5/c1-25(2,3)32-24(29)27-20-8-6-17(28)14-19(20)18-7-4-15(12-21(18)27)26-16-5-9-22-23(13-16)31-11-10-30-22/h4-5,7,9,12-13,17,26,28H,6,8,10-11,14H2,1-3H3. The van der Waals surface area contributed by atoms with Crippen LogP contribution in [0.3, 0.4) is 0 Å². The third kappa shape index (κ3) is 3.88. The molecule has 2 heterocycles. The van der Waals surface area contributed by atoms with Crippen LogP contribution in [0.4, 0.5) is 16.2 Å². The highest BCUT2D eigenvalue weighted by molar-refractivity contribution is 5.96. The van der Waals surface area contributed by atoms with Crippen LogP contribution < -0.4 is 14.8 Å². The third-order valence-corrected chi connectivity index (χ3v) is 5.74.